The summed E-state index contributed by atoms with van der Waals surface area (Å²) in [7, 11) is 1.53. The molecule has 22 nitrogen and oxygen atoms in total. The normalized spacial score (nSPS) is 18.8. The fraction of sp³-hybridized carbons (Fsp3) is 0.486. The predicted molar refractivity (Wildman–Crippen MR) is 275 cm³/mol. The van der Waals surface area contributed by atoms with Gasteiger partial charge in [0.1, 0.15) is 30.5 Å². The number of anilines is 3. The second kappa shape index (κ2) is 26.7. The lowest BCUT2D eigenvalue weighted by molar-refractivity contribution is -0.252. The van der Waals surface area contributed by atoms with E-state index in [2.05, 4.69) is 26.6 Å². The Balaban J connectivity index is 0.000000434. The molecule has 1 aliphatic rings. The van der Waals surface area contributed by atoms with Gasteiger partial charge in [-0.25, -0.2) is 0 Å². The number of nitrogens with zero attached hydrogens (tertiary/aromatic N) is 1. The molecule has 0 aliphatic carbocycles. The highest BCUT2D eigenvalue weighted by Gasteiger charge is 2.45. The molecule has 0 aromatic heterocycles. The van der Waals surface area contributed by atoms with Gasteiger partial charge in [-0.2, -0.15) is 0 Å². The van der Waals surface area contributed by atoms with Crippen molar-refractivity contribution in [2.45, 2.75) is 69.6 Å². The molecule has 6 atom stereocenters. The molecular weight excluding hydrogens is 1520 g/mol. The quantitative estimate of drug-likeness (QED) is 0.0947. The topological polar surface area (TPSA) is 357 Å². The number of amides is 6. The molecule has 0 spiro atoms. The molecule has 0 saturated carbocycles. The van der Waals surface area contributed by atoms with Gasteiger partial charge in [0, 0.05) is 24.5 Å². The number of benzene rings is 2. The zero-order chi connectivity index (χ0) is 48.4. The highest BCUT2D eigenvalue weighted by Crippen LogP contribution is 2.41. The van der Waals surface area contributed by atoms with Crippen molar-refractivity contribution in [1.29, 1.82) is 0 Å². The van der Waals surface area contributed by atoms with E-state index in [1.165, 1.54) is 32.7 Å². The van der Waals surface area contributed by atoms with Crippen LogP contribution in [0.2, 0.25) is 0 Å². The summed E-state index contributed by atoms with van der Waals surface area (Å²) in [5, 5.41) is 98.9. The summed E-state index contributed by atoms with van der Waals surface area (Å²) in [6, 6.07) is -3.29. The summed E-state index contributed by atoms with van der Waals surface area (Å²) in [5.74, 6) is -3.59. The Hall–Kier alpha value is -0.760. The summed E-state index contributed by atoms with van der Waals surface area (Å²) < 4.78 is 7.15. The molecular formula is C35H44I6N6O16. The van der Waals surface area contributed by atoms with Crippen LogP contribution in [0.4, 0.5) is 17.1 Å². The molecule has 28 heteroatoms. The molecule has 1 aliphatic heterocycles. The summed E-state index contributed by atoms with van der Waals surface area (Å²) in [5.41, 5.74) is 0.935. The zero-order valence-corrected chi connectivity index (χ0v) is 46.2. The van der Waals surface area contributed by atoms with E-state index >= 15 is 0 Å². The van der Waals surface area contributed by atoms with Crippen molar-refractivity contribution >= 4 is 188 Å². The number of carbonyl (C=O) groups is 6. The lowest BCUT2D eigenvalue weighted by Crippen LogP contribution is -2.64. The number of nitrogens with one attached hydrogen (secondary N) is 5. The van der Waals surface area contributed by atoms with Crippen LogP contribution >= 0.6 is 136 Å². The Kier molecular flexibility index (Phi) is 24.7. The van der Waals surface area contributed by atoms with Gasteiger partial charge in [-0.15, -0.1) is 0 Å². The lowest BCUT2D eigenvalue weighted by Gasteiger charge is -2.40. The van der Waals surface area contributed by atoms with Crippen LogP contribution in [-0.2, 0) is 19.1 Å². The van der Waals surface area contributed by atoms with E-state index in [0.29, 0.717) is 22.1 Å². The molecule has 2 aromatic carbocycles. The number of rotatable bonds is 15. The molecule has 352 valence electrons. The first-order valence-electron chi connectivity index (χ1n) is 17.9. The summed E-state index contributed by atoms with van der Waals surface area (Å²) in [4.78, 5) is 76.3. The minimum Gasteiger partial charge on any atom is -0.394 e. The maximum absolute atomic E-state index is 13.2. The predicted octanol–water partition coefficient (Wildman–Crippen LogP) is -1.04. The number of halogens is 6. The summed E-state index contributed by atoms with van der Waals surface area (Å²) >= 11 is 11.2. The van der Waals surface area contributed by atoms with Crippen molar-refractivity contribution in [3.8, 4) is 0 Å². The number of aliphatic hydroxyl groups is 9. The van der Waals surface area contributed by atoms with Crippen molar-refractivity contribution in [2.75, 3.05) is 55.6 Å². The van der Waals surface area contributed by atoms with Crippen LogP contribution in [0.5, 0.6) is 0 Å². The standard InChI is InChI=1S/C18H22I3N3O8.C17H22I3N3O8/c1-5(26)22-12-9(19)8(10(20)14(11(12)21)24(3)6(2)27)17(30)23-13-16(29)15(28)7(4-25)32-18(13)31;1-6(28)15(29)23-14-12(19)9(16(30)21-7(2-24)3-25)11(18)10(13(14)20)17(31)22-8(4-26)5-27/h7,13,15-16,18,25,28-29,31H,4H2,1-3H3,(H,22,26)(H,23,30);6-8,24-28H,2-5H2,1H3,(H,21,30)(H,22,31)(H,23,29)/t7-,13-,15-,16-,18?;6-/m10/s1. The van der Waals surface area contributed by atoms with Gasteiger partial charge in [-0.1, -0.05) is 0 Å². The maximum Gasteiger partial charge on any atom is 0.254 e. The van der Waals surface area contributed by atoms with Gasteiger partial charge in [-0.3, -0.25) is 28.8 Å². The van der Waals surface area contributed by atoms with Crippen LogP contribution in [0.1, 0.15) is 51.8 Å². The Bertz CT molecular complexity index is 1990. The number of aliphatic hydroxyl groups excluding tert-OH is 9. The molecule has 6 amide bonds. The van der Waals surface area contributed by atoms with E-state index in [9.17, 15) is 74.7 Å². The van der Waals surface area contributed by atoms with Gasteiger partial charge >= 0.3 is 0 Å². The molecule has 1 heterocycles. The monoisotopic (exact) mass is 1570 g/mol. The number of hydrogen-bond donors (Lipinski definition) is 14. The van der Waals surface area contributed by atoms with Gasteiger partial charge in [0.05, 0.1) is 96.7 Å². The van der Waals surface area contributed by atoms with Gasteiger partial charge in [0.2, 0.25) is 11.8 Å². The van der Waals surface area contributed by atoms with Crippen LogP contribution in [0.25, 0.3) is 0 Å². The van der Waals surface area contributed by atoms with E-state index in [0.717, 1.165) is 0 Å². The number of carbonyl (C=O) groups excluding carboxylic acids is 6. The average Bonchev–Trinajstić information content (AvgIpc) is 3.21. The fourth-order valence-electron chi connectivity index (χ4n) is 5.28. The van der Waals surface area contributed by atoms with Crippen molar-refractivity contribution in [3.05, 3.63) is 38.1 Å². The van der Waals surface area contributed by atoms with E-state index in [4.69, 9.17) is 4.74 Å². The molecule has 0 radical (unpaired) electrons. The van der Waals surface area contributed by atoms with E-state index in [1.807, 2.05) is 113 Å². The van der Waals surface area contributed by atoms with Gasteiger partial charge in [0.25, 0.3) is 23.6 Å². The Morgan fingerprint density at radius 2 is 1.08 bits per heavy atom. The first-order valence-corrected chi connectivity index (χ1v) is 24.4. The van der Waals surface area contributed by atoms with E-state index < -0.39 is 105 Å². The zero-order valence-electron chi connectivity index (χ0n) is 33.3. The maximum atomic E-state index is 13.2. The van der Waals surface area contributed by atoms with Crippen molar-refractivity contribution in [1.82, 2.24) is 16.0 Å². The molecule has 3 rings (SSSR count). The summed E-state index contributed by atoms with van der Waals surface area (Å²) in [6.45, 7) is 1.20. The van der Waals surface area contributed by atoms with Crippen LogP contribution < -0.4 is 31.5 Å². The smallest absolute Gasteiger partial charge is 0.254 e. The van der Waals surface area contributed by atoms with Gasteiger partial charge in [0.15, 0.2) is 6.29 Å². The molecule has 1 fully saturated rings. The number of hydrogen-bond acceptors (Lipinski definition) is 16. The second-order valence-corrected chi connectivity index (χ2v) is 19.8. The minimum atomic E-state index is -1.69. The molecule has 14 N–H and O–H groups in total. The Morgan fingerprint density at radius 1 is 0.651 bits per heavy atom. The Labute approximate surface area is 441 Å². The highest BCUT2D eigenvalue weighted by molar-refractivity contribution is 14.1. The molecule has 2 aromatic rings. The summed E-state index contributed by atoms with van der Waals surface area (Å²) in [6.07, 6.45) is -7.43. The fourth-order valence-corrected chi connectivity index (χ4v) is 14.3. The Morgan fingerprint density at radius 3 is 1.46 bits per heavy atom. The second-order valence-electron chi connectivity index (χ2n) is 13.3. The van der Waals surface area contributed by atoms with Gasteiger partial charge in [-0.05, 0) is 142 Å². The van der Waals surface area contributed by atoms with Gasteiger partial charge < -0.3 is 82.2 Å². The highest BCUT2D eigenvalue weighted by atomic mass is 127. The lowest BCUT2D eigenvalue weighted by atomic mass is 9.96. The first kappa shape index (κ1) is 58.4. The van der Waals surface area contributed by atoms with E-state index in [1.54, 1.807) is 22.6 Å². The average molecular weight is 1570 g/mol. The molecule has 0 bridgehead atoms. The molecule has 63 heavy (non-hydrogen) atoms. The van der Waals surface area contributed by atoms with Crippen LogP contribution in [-0.4, -0.2) is 170 Å². The molecule has 1 saturated heterocycles. The third-order valence-electron chi connectivity index (χ3n) is 8.78. The van der Waals surface area contributed by atoms with E-state index in [-0.39, 0.29) is 44.9 Å². The minimum absolute atomic E-state index is 0.00380. The number of ether oxygens (including phenoxy) is 1. The third kappa shape index (κ3) is 14.6. The first-order chi connectivity index (χ1) is 29.4. The van der Waals surface area contributed by atoms with Crippen LogP contribution in [0, 0.1) is 21.4 Å². The SMILES string of the molecule is CC(=O)Nc1c(I)c(C(=O)N[C@H]2C(O)O[C@H](CO)[C@@H](O)[C@@H]2O)c(I)c(N(C)C(C)=O)c1I.C[C@H](O)C(=O)Nc1c(I)c(C(=O)NC(CO)CO)c(I)c(C(=O)NC(CO)CO)c1I. The third-order valence-corrected chi connectivity index (χ3v) is 15.2. The van der Waals surface area contributed by atoms with Crippen molar-refractivity contribution in [2.24, 2.45) is 0 Å². The largest absolute Gasteiger partial charge is 0.394 e. The van der Waals surface area contributed by atoms with Crippen molar-refractivity contribution in [3.63, 3.8) is 0 Å². The van der Waals surface area contributed by atoms with Crippen LogP contribution in [0.15, 0.2) is 0 Å². The molecule has 1 unspecified atom stereocenters. The van der Waals surface area contributed by atoms with Crippen LogP contribution in [0.3, 0.4) is 0 Å². The van der Waals surface area contributed by atoms with Crippen molar-refractivity contribution < 1.29 is 79.5 Å².